The first-order chi connectivity index (χ1) is 11.4. The molecular weight excluding hydrogens is 286 g/mol. The third-order valence-corrected chi connectivity index (χ3v) is 4.15. The number of para-hydroxylation sites is 3. The van der Waals surface area contributed by atoms with Crippen molar-refractivity contribution in [2.75, 3.05) is 26.2 Å². The fraction of sp³-hybridized carbons (Fsp3) is 0.400. The van der Waals surface area contributed by atoms with Crippen LogP contribution in [0.5, 0.6) is 17.2 Å². The third-order valence-electron chi connectivity index (χ3n) is 4.15. The van der Waals surface area contributed by atoms with Gasteiger partial charge in [-0.3, -0.25) is 0 Å². The molecule has 0 saturated carbocycles. The molecule has 23 heavy (non-hydrogen) atoms. The summed E-state index contributed by atoms with van der Waals surface area (Å²) in [5.74, 6) is 2.42. The molecule has 3 rings (SSSR count). The summed E-state index contributed by atoms with van der Waals surface area (Å²) in [5.41, 5.74) is 0. The zero-order chi connectivity index (χ0) is 15.7. The van der Waals surface area contributed by atoms with Crippen molar-refractivity contribution in [3.05, 3.63) is 54.6 Å². The van der Waals surface area contributed by atoms with Crippen LogP contribution in [0.15, 0.2) is 54.6 Å². The van der Waals surface area contributed by atoms with Crippen LogP contribution >= 0.6 is 0 Å². The molecule has 3 nitrogen and oxygen atoms in total. The smallest absolute Gasteiger partial charge is 0.169 e. The molecule has 0 N–H and O–H groups in total. The van der Waals surface area contributed by atoms with E-state index >= 15 is 0 Å². The van der Waals surface area contributed by atoms with Crippen LogP contribution in [-0.4, -0.2) is 31.1 Å². The molecule has 2 aromatic rings. The Morgan fingerprint density at radius 2 is 1.48 bits per heavy atom. The Balaban J connectivity index is 1.49. The van der Waals surface area contributed by atoms with E-state index in [1.54, 1.807) is 0 Å². The predicted octanol–water partition coefficient (Wildman–Crippen LogP) is 4.73. The molecular formula is C20H25NO2. The summed E-state index contributed by atoms with van der Waals surface area (Å²) in [6, 6.07) is 17.7. The molecule has 0 unspecified atom stereocenters. The number of nitrogens with zero attached hydrogens (tertiary/aromatic N) is 1. The third kappa shape index (κ3) is 5.00. The van der Waals surface area contributed by atoms with E-state index in [0.29, 0.717) is 0 Å². The Morgan fingerprint density at radius 1 is 0.783 bits per heavy atom. The second kappa shape index (κ2) is 8.59. The average molecular weight is 311 g/mol. The Kier molecular flexibility index (Phi) is 5.93. The van der Waals surface area contributed by atoms with Crippen LogP contribution in [0.4, 0.5) is 0 Å². The molecule has 1 aliphatic rings. The van der Waals surface area contributed by atoms with E-state index in [2.05, 4.69) is 4.90 Å². The van der Waals surface area contributed by atoms with Crippen molar-refractivity contribution in [3.63, 3.8) is 0 Å². The molecule has 0 radical (unpaired) electrons. The van der Waals surface area contributed by atoms with Gasteiger partial charge in [-0.2, -0.15) is 0 Å². The van der Waals surface area contributed by atoms with Crippen LogP contribution in [0.25, 0.3) is 0 Å². The normalized spacial score (nSPS) is 15.3. The molecule has 122 valence electrons. The first-order valence-corrected chi connectivity index (χ1v) is 8.59. The largest absolute Gasteiger partial charge is 0.490 e. The zero-order valence-corrected chi connectivity index (χ0v) is 13.6. The van der Waals surface area contributed by atoms with E-state index in [4.69, 9.17) is 9.47 Å². The van der Waals surface area contributed by atoms with Gasteiger partial charge in [-0.1, -0.05) is 36.8 Å². The SMILES string of the molecule is c1ccc(Oc2ccccc2OCCCN2CCCCC2)cc1. The summed E-state index contributed by atoms with van der Waals surface area (Å²) in [6.07, 6.45) is 5.13. The maximum atomic E-state index is 5.95. The van der Waals surface area contributed by atoms with Crippen molar-refractivity contribution in [1.29, 1.82) is 0 Å². The van der Waals surface area contributed by atoms with Crippen molar-refractivity contribution < 1.29 is 9.47 Å². The van der Waals surface area contributed by atoms with Crippen molar-refractivity contribution in [2.24, 2.45) is 0 Å². The Hall–Kier alpha value is -2.00. The molecule has 1 fully saturated rings. The van der Waals surface area contributed by atoms with Gasteiger partial charge in [-0.05, 0) is 56.6 Å². The van der Waals surface area contributed by atoms with Crippen molar-refractivity contribution in [2.45, 2.75) is 25.7 Å². The van der Waals surface area contributed by atoms with Gasteiger partial charge in [0, 0.05) is 6.54 Å². The lowest BCUT2D eigenvalue weighted by Crippen LogP contribution is -2.31. The van der Waals surface area contributed by atoms with E-state index in [-0.39, 0.29) is 0 Å². The van der Waals surface area contributed by atoms with Crippen LogP contribution in [0, 0.1) is 0 Å². The zero-order valence-electron chi connectivity index (χ0n) is 13.6. The Bertz CT molecular complexity index is 579. The number of rotatable bonds is 7. The number of ether oxygens (including phenoxy) is 2. The first-order valence-electron chi connectivity index (χ1n) is 8.59. The fourth-order valence-corrected chi connectivity index (χ4v) is 2.92. The number of piperidine rings is 1. The Morgan fingerprint density at radius 3 is 2.26 bits per heavy atom. The topological polar surface area (TPSA) is 21.7 Å². The van der Waals surface area contributed by atoms with E-state index in [1.807, 2.05) is 54.6 Å². The summed E-state index contributed by atoms with van der Waals surface area (Å²) < 4.78 is 11.9. The van der Waals surface area contributed by atoms with Crippen molar-refractivity contribution >= 4 is 0 Å². The number of hydrogen-bond donors (Lipinski definition) is 0. The monoisotopic (exact) mass is 311 g/mol. The van der Waals surface area contributed by atoms with Gasteiger partial charge in [0.2, 0.25) is 0 Å². The second-order valence-corrected chi connectivity index (χ2v) is 5.97. The van der Waals surface area contributed by atoms with E-state index < -0.39 is 0 Å². The maximum absolute atomic E-state index is 5.95. The predicted molar refractivity (Wildman–Crippen MR) is 93.4 cm³/mol. The molecule has 0 bridgehead atoms. The molecule has 2 aromatic carbocycles. The molecule has 0 amide bonds. The van der Waals surface area contributed by atoms with E-state index in [9.17, 15) is 0 Å². The van der Waals surface area contributed by atoms with Gasteiger partial charge in [-0.15, -0.1) is 0 Å². The molecule has 1 heterocycles. The van der Waals surface area contributed by atoms with Crippen LogP contribution in [0.1, 0.15) is 25.7 Å². The quantitative estimate of drug-likeness (QED) is 0.690. The van der Waals surface area contributed by atoms with Gasteiger partial charge in [0.1, 0.15) is 5.75 Å². The highest BCUT2D eigenvalue weighted by atomic mass is 16.5. The second-order valence-electron chi connectivity index (χ2n) is 5.97. The minimum Gasteiger partial charge on any atom is -0.490 e. The molecule has 3 heteroatoms. The van der Waals surface area contributed by atoms with Gasteiger partial charge in [0.05, 0.1) is 6.61 Å². The minimum atomic E-state index is 0.728. The maximum Gasteiger partial charge on any atom is 0.169 e. The molecule has 0 aromatic heterocycles. The standard InChI is InChI=1S/C20H25NO2/c1-3-10-18(11-4-1)23-20-13-6-5-12-19(20)22-17-9-16-21-14-7-2-8-15-21/h1,3-6,10-13H,2,7-9,14-17H2. The first kappa shape index (κ1) is 15.9. The fourth-order valence-electron chi connectivity index (χ4n) is 2.92. The highest BCUT2D eigenvalue weighted by Gasteiger charge is 2.10. The van der Waals surface area contributed by atoms with Crippen molar-refractivity contribution in [1.82, 2.24) is 4.90 Å². The van der Waals surface area contributed by atoms with Crippen LogP contribution in [-0.2, 0) is 0 Å². The summed E-state index contributed by atoms with van der Waals surface area (Å²) >= 11 is 0. The average Bonchev–Trinajstić information content (AvgIpc) is 2.62. The van der Waals surface area contributed by atoms with Gasteiger partial charge >= 0.3 is 0 Å². The highest BCUT2D eigenvalue weighted by Crippen LogP contribution is 2.31. The lowest BCUT2D eigenvalue weighted by Gasteiger charge is -2.26. The van der Waals surface area contributed by atoms with Gasteiger partial charge in [0.25, 0.3) is 0 Å². The molecule has 0 aliphatic carbocycles. The van der Waals surface area contributed by atoms with Crippen molar-refractivity contribution in [3.8, 4) is 17.2 Å². The highest BCUT2D eigenvalue weighted by molar-refractivity contribution is 5.42. The summed E-state index contributed by atoms with van der Waals surface area (Å²) in [6.45, 7) is 4.34. The number of hydrogen-bond acceptors (Lipinski definition) is 3. The molecule has 1 saturated heterocycles. The van der Waals surface area contributed by atoms with E-state index in [0.717, 1.165) is 36.8 Å². The molecule has 0 atom stereocenters. The Labute approximate surface area is 138 Å². The van der Waals surface area contributed by atoms with Crippen LogP contribution < -0.4 is 9.47 Å². The van der Waals surface area contributed by atoms with Gasteiger partial charge < -0.3 is 14.4 Å². The lowest BCUT2D eigenvalue weighted by molar-refractivity contribution is 0.203. The van der Waals surface area contributed by atoms with E-state index in [1.165, 1.54) is 32.4 Å². The minimum absolute atomic E-state index is 0.728. The summed E-state index contributed by atoms with van der Waals surface area (Å²) in [7, 11) is 0. The summed E-state index contributed by atoms with van der Waals surface area (Å²) in [4.78, 5) is 2.54. The van der Waals surface area contributed by atoms with Crippen LogP contribution in [0.2, 0.25) is 0 Å². The lowest BCUT2D eigenvalue weighted by atomic mass is 10.1. The molecule has 0 spiro atoms. The van der Waals surface area contributed by atoms with Gasteiger partial charge in [-0.25, -0.2) is 0 Å². The number of likely N-dealkylation sites (tertiary alicyclic amines) is 1. The van der Waals surface area contributed by atoms with Crippen LogP contribution in [0.3, 0.4) is 0 Å². The number of benzene rings is 2. The summed E-state index contributed by atoms with van der Waals surface area (Å²) in [5, 5.41) is 0. The van der Waals surface area contributed by atoms with Gasteiger partial charge in [0.15, 0.2) is 11.5 Å². The molecule has 1 aliphatic heterocycles.